The van der Waals surface area contributed by atoms with Gasteiger partial charge in [-0.3, -0.25) is 0 Å². The molecule has 0 amide bonds. The van der Waals surface area contributed by atoms with Gasteiger partial charge in [0.1, 0.15) is 16.9 Å². The van der Waals surface area contributed by atoms with E-state index < -0.39 is 0 Å². The van der Waals surface area contributed by atoms with Gasteiger partial charge in [-0.2, -0.15) is 0 Å². The Bertz CT molecular complexity index is 9440. The number of aromatic nitrogens is 8. The molecule has 0 aliphatic carbocycles. The van der Waals surface area contributed by atoms with Crippen LogP contribution >= 0.6 is 11.3 Å². The summed E-state index contributed by atoms with van der Waals surface area (Å²) in [6, 6.07) is 149. The minimum atomic E-state index is 0.800. The van der Waals surface area contributed by atoms with Crippen LogP contribution in [-0.4, -0.2) is 38.2 Å². The number of rotatable bonds is 8. The number of furan rings is 1. The molecule has 0 radical (unpaired) electrons. The van der Waals surface area contributed by atoms with Gasteiger partial charge in [-0.1, -0.05) is 249 Å². The summed E-state index contributed by atoms with van der Waals surface area (Å²) in [6.45, 7) is 0. The number of hydrogen-bond donors (Lipinski definition) is 0. The maximum Gasteiger partial charge on any atom is 0.144 e. The van der Waals surface area contributed by atoms with E-state index in [4.69, 9.17) is 24.4 Å². The predicted molar refractivity (Wildman–Crippen MR) is 528 cm³/mol. The van der Waals surface area contributed by atoms with Crippen molar-refractivity contribution in [3.63, 3.8) is 0 Å². The van der Waals surface area contributed by atoms with E-state index in [1.54, 1.807) is 0 Å². The minimum Gasteiger partial charge on any atom is -0.455 e. The summed E-state index contributed by atoms with van der Waals surface area (Å²) in [5.74, 6) is 0. The SMILES string of the molecule is c1ccc2nc(-c3cccc4c3oc3ccccc34)c(-c3ccc4cc(-n5c6ccccc6c6cc7cc(-n8c9ccccc9c9ccccc98)ccc7cc65)ccc4c3)nc2c1.c1ccc2nc(-c3cccc4c3sc3ccccc34)c(-c3ccc4ccc(-n5c6ccccc6c6cc7cc(-n8c9ccccc9c9ccccc98)ccc7cc65)cc4c3)nc2c1. The van der Waals surface area contributed by atoms with Crippen LogP contribution in [0.2, 0.25) is 0 Å². The highest BCUT2D eigenvalue weighted by Crippen LogP contribution is 2.47. The van der Waals surface area contributed by atoms with Gasteiger partial charge in [0.05, 0.1) is 83.3 Å². The molecule has 0 unspecified atom stereocenters. The lowest BCUT2D eigenvalue weighted by Crippen LogP contribution is -1.96. The van der Waals surface area contributed by atoms with E-state index in [9.17, 15) is 0 Å². The summed E-state index contributed by atoms with van der Waals surface area (Å²) in [4.78, 5) is 21.3. The molecule has 126 heavy (non-hydrogen) atoms. The number of para-hydroxylation sites is 12. The predicted octanol–water partition coefficient (Wildman–Crippen LogP) is 31.2. The monoisotopic (exact) mass is 1620 g/mol. The van der Waals surface area contributed by atoms with Crippen LogP contribution in [0.1, 0.15) is 0 Å². The fraction of sp³-hybridized carbons (Fsp3) is 0. The van der Waals surface area contributed by atoms with Gasteiger partial charge < -0.3 is 22.7 Å². The molecule has 28 aromatic rings. The standard InChI is InChI=1S/C58H34N4O.C58H34N4S/c1-7-20-51-42(12-1)43-13-2-8-21-52(43)61(51)41-29-27-37-34-54-48(33-39(37)32-41)44-14-3-9-22-53(44)62(54)40-28-26-35-30-38(25-24-36(35)31-40)56-57(60-50-19-6-5-18-49(50)59-56)47-17-11-16-46-45-15-4-10-23-55(45)63-58(46)47;1-7-20-51-42(12-1)43-13-2-8-21-52(43)61(51)40-29-27-36-34-54-48(33-39(36)32-40)44-14-3-9-22-53(44)62(54)41-28-26-35-24-25-37(30-38(35)31-41)56-57(60-50-19-6-5-18-49(50)59-56)47-17-11-16-46-45-15-4-10-23-55(45)63-58(46)47/h2*1-34H. The lowest BCUT2D eigenvalue weighted by molar-refractivity contribution is 0.670. The molecule has 0 aliphatic heterocycles. The van der Waals surface area contributed by atoms with Crippen LogP contribution in [0.25, 0.3) is 262 Å². The van der Waals surface area contributed by atoms with Gasteiger partial charge in [-0.25, -0.2) is 19.9 Å². The molecule has 0 fully saturated rings. The van der Waals surface area contributed by atoms with Crippen LogP contribution < -0.4 is 0 Å². The second-order valence-electron chi connectivity index (χ2n) is 33.1. The van der Waals surface area contributed by atoms with Crippen molar-refractivity contribution in [2.45, 2.75) is 0 Å². The van der Waals surface area contributed by atoms with Gasteiger partial charge in [0, 0.05) is 119 Å². The van der Waals surface area contributed by atoms with Crippen molar-refractivity contribution in [2.75, 3.05) is 0 Å². The second kappa shape index (κ2) is 27.4. The largest absolute Gasteiger partial charge is 0.455 e. The smallest absolute Gasteiger partial charge is 0.144 e. The fourth-order valence-electron chi connectivity index (χ4n) is 20.3. The van der Waals surface area contributed by atoms with Crippen LogP contribution in [0.4, 0.5) is 0 Å². The third kappa shape index (κ3) is 10.8. The van der Waals surface area contributed by atoms with Crippen molar-refractivity contribution in [2.24, 2.45) is 0 Å². The summed E-state index contributed by atoms with van der Waals surface area (Å²) in [6.07, 6.45) is 0. The topological polar surface area (TPSA) is 84.4 Å². The maximum absolute atomic E-state index is 6.52. The summed E-state index contributed by atoms with van der Waals surface area (Å²) in [7, 11) is 0. The lowest BCUT2D eigenvalue weighted by Gasteiger charge is -2.13. The Hall–Kier alpha value is -16.7. The molecule has 0 spiro atoms. The van der Waals surface area contributed by atoms with Gasteiger partial charge in [-0.15, -0.1) is 11.3 Å². The van der Waals surface area contributed by atoms with E-state index in [-0.39, 0.29) is 0 Å². The zero-order valence-electron chi connectivity index (χ0n) is 67.7. The number of nitrogens with zero attached hydrogens (tertiary/aromatic N) is 8. The van der Waals surface area contributed by atoms with Gasteiger partial charge in [0.2, 0.25) is 0 Å². The number of hydrogen-bond acceptors (Lipinski definition) is 6. The summed E-state index contributed by atoms with van der Waals surface area (Å²) < 4.78 is 18.7. The van der Waals surface area contributed by atoms with Crippen LogP contribution in [0.3, 0.4) is 0 Å². The molecule has 0 aliphatic rings. The van der Waals surface area contributed by atoms with Crippen molar-refractivity contribution >= 4 is 206 Å². The molecule has 28 rings (SSSR count). The highest BCUT2D eigenvalue weighted by molar-refractivity contribution is 7.26. The molecule has 0 N–H and O–H groups in total. The first-order valence-electron chi connectivity index (χ1n) is 42.8. The highest BCUT2D eigenvalue weighted by Gasteiger charge is 2.25. The van der Waals surface area contributed by atoms with Crippen molar-refractivity contribution < 1.29 is 4.42 Å². The molecule has 8 heterocycles. The zero-order chi connectivity index (χ0) is 82.3. The molecule has 584 valence electrons. The second-order valence-corrected chi connectivity index (χ2v) is 34.2. The first-order chi connectivity index (χ1) is 62.4. The third-order valence-corrected chi connectivity index (χ3v) is 27.3. The van der Waals surface area contributed by atoms with E-state index in [1.807, 2.05) is 59.9 Å². The molecule has 0 atom stereocenters. The number of fused-ring (bicyclic) bond motifs is 24. The molecule has 0 saturated carbocycles. The fourth-order valence-corrected chi connectivity index (χ4v) is 21.5. The van der Waals surface area contributed by atoms with Gasteiger partial charge in [0.15, 0.2) is 0 Å². The van der Waals surface area contributed by atoms with Crippen LogP contribution in [0, 0.1) is 0 Å². The summed E-state index contributed by atoms with van der Waals surface area (Å²) in [5, 5.41) is 24.1. The van der Waals surface area contributed by atoms with Crippen molar-refractivity contribution in [1.82, 2.24) is 38.2 Å². The Balaban J connectivity index is 0.000000131. The van der Waals surface area contributed by atoms with Crippen molar-refractivity contribution in [3.05, 3.63) is 413 Å². The number of benzene rings is 20. The Morgan fingerprint density at radius 2 is 0.524 bits per heavy atom. The maximum atomic E-state index is 6.52. The molecule has 0 saturated heterocycles. The van der Waals surface area contributed by atoms with Gasteiger partial charge in [-0.05, 0) is 207 Å². The Morgan fingerprint density at radius 3 is 1.02 bits per heavy atom. The first kappa shape index (κ1) is 70.1. The Labute approximate surface area is 723 Å². The molecule has 8 aromatic heterocycles. The van der Waals surface area contributed by atoms with Crippen LogP contribution in [0.5, 0.6) is 0 Å². The molecular formula is C116H68N8OS. The van der Waals surface area contributed by atoms with Gasteiger partial charge >= 0.3 is 0 Å². The average Bonchev–Trinajstić information content (AvgIpc) is 1.44. The minimum absolute atomic E-state index is 0.800. The molecule has 20 aromatic carbocycles. The quantitative estimate of drug-likeness (QED) is 0.151. The normalized spacial score (nSPS) is 12.1. The first-order valence-corrected chi connectivity index (χ1v) is 43.6. The van der Waals surface area contributed by atoms with E-state index in [0.717, 1.165) is 128 Å². The lowest BCUT2D eigenvalue weighted by atomic mass is 9.99. The van der Waals surface area contributed by atoms with Crippen LogP contribution in [-0.2, 0) is 0 Å². The van der Waals surface area contributed by atoms with E-state index in [1.165, 1.54) is 134 Å². The van der Waals surface area contributed by atoms with E-state index in [0.29, 0.717) is 0 Å². The third-order valence-electron chi connectivity index (χ3n) is 26.1. The zero-order valence-corrected chi connectivity index (χ0v) is 68.5. The molecule has 0 bridgehead atoms. The number of thiophene rings is 1. The highest BCUT2D eigenvalue weighted by atomic mass is 32.1. The summed E-state index contributed by atoms with van der Waals surface area (Å²) in [5.41, 5.74) is 26.8. The average molecular weight is 1620 g/mol. The van der Waals surface area contributed by atoms with E-state index in [2.05, 4.69) is 382 Å². The molecule has 9 nitrogen and oxygen atoms in total. The van der Waals surface area contributed by atoms with Crippen LogP contribution in [0.15, 0.2) is 417 Å². The van der Waals surface area contributed by atoms with Gasteiger partial charge in [0.25, 0.3) is 0 Å². The summed E-state index contributed by atoms with van der Waals surface area (Å²) >= 11 is 1.83. The molecular weight excluding hydrogens is 1550 g/mol. The molecule has 10 heteroatoms. The van der Waals surface area contributed by atoms with Crippen molar-refractivity contribution in [3.8, 4) is 67.8 Å². The Morgan fingerprint density at radius 1 is 0.198 bits per heavy atom. The Kier molecular flexibility index (Phi) is 15.3. The van der Waals surface area contributed by atoms with Crippen molar-refractivity contribution in [1.29, 1.82) is 0 Å². The van der Waals surface area contributed by atoms with E-state index >= 15 is 0 Å².